The Kier molecular flexibility index (Phi) is 4.80. The van der Waals surface area contributed by atoms with E-state index in [1.807, 2.05) is 0 Å². The van der Waals surface area contributed by atoms with Crippen molar-refractivity contribution in [1.29, 1.82) is 0 Å². The highest BCUT2D eigenvalue weighted by atomic mass is 16.5. The predicted octanol–water partition coefficient (Wildman–Crippen LogP) is 1.63. The Hall–Kier alpha value is -0.610. The van der Waals surface area contributed by atoms with E-state index in [9.17, 15) is 4.79 Å². The van der Waals surface area contributed by atoms with Crippen molar-refractivity contribution in [3.05, 3.63) is 0 Å². The van der Waals surface area contributed by atoms with Crippen molar-refractivity contribution < 1.29 is 14.3 Å². The molecule has 4 nitrogen and oxygen atoms in total. The van der Waals surface area contributed by atoms with Gasteiger partial charge in [0.25, 0.3) is 0 Å². The number of nitrogens with one attached hydrogen (secondary N) is 1. The van der Waals surface area contributed by atoms with E-state index in [4.69, 9.17) is 9.47 Å². The highest BCUT2D eigenvalue weighted by Crippen LogP contribution is 2.24. The number of ether oxygens (including phenoxy) is 2. The number of carbonyl (C=O) groups is 1. The van der Waals surface area contributed by atoms with Gasteiger partial charge in [-0.05, 0) is 38.6 Å². The Bertz CT molecular complexity index is 251. The van der Waals surface area contributed by atoms with Crippen LogP contribution in [0.1, 0.15) is 44.9 Å². The van der Waals surface area contributed by atoms with E-state index in [1.54, 1.807) is 7.11 Å². The molecule has 0 bridgehead atoms. The largest absolute Gasteiger partial charge is 0.461 e. The lowest BCUT2D eigenvalue weighted by molar-refractivity contribution is -0.155. The van der Waals surface area contributed by atoms with Crippen LogP contribution in [0.5, 0.6) is 0 Å². The van der Waals surface area contributed by atoms with Gasteiger partial charge in [0.1, 0.15) is 12.1 Å². The fourth-order valence-electron chi connectivity index (χ4n) is 2.72. The molecule has 1 aliphatic heterocycles. The fourth-order valence-corrected chi connectivity index (χ4v) is 2.72. The molecule has 1 heterocycles. The lowest BCUT2D eigenvalue weighted by Crippen LogP contribution is -2.43. The Morgan fingerprint density at radius 3 is 2.65 bits per heavy atom. The number of esters is 1. The van der Waals surface area contributed by atoms with Gasteiger partial charge in [-0.3, -0.25) is 4.79 Å². The van der Waals surface area contributed by atoms with Gasteiger partial charge in [0, 0.05) is 13.5 Å². The third-order valence-electron chi connectivity index (χ3n) is 3.79. The van der Waals surface area contributed by atoms with Crippen LogP contribution in [0.2, 0.25) is 0 Å². The van der Waals surface area contributed by atoms with E-state index in [-0.39, 0.29) is 24.2 Å². The second-order valence-electron chi connectivity index (χ2n) is 5.09. The summed E-state index contributed by atoms with van der Waals surface area (Å²) in [5, 5.41) is 3.23. The van der Waals surface area contributed by atoms with Gasteiger partial charge in [0.2, 0.25) is 0 Å². The number of hydrogen-bond acceptors (Lipinski definition) is 4. The highest BCUT2D eigenvalue weighted by molar-refractivity contribution is 5.76. The monoisotopic (exact) mass is 241 g/mol. The first-order chi connectivity index (χ1) is 8.29. The quantitative estimate of drug-likeness (QED) is 0.763. The van der Waals surface area contributed by atoms with Crippen molar-refractivity contribution in [2.24, 2.45) is 0 Å². The second-order valence-corrected chi connectivity index (χ2v) is 5.09. The third kappa shape index (κ3) is 3.68. The molecule has 0 aromatic heterocycles. The fraction of sp³-hybridized carbons (Fsp3) is 0.923. The summed E-state index contributed by atoms with van der Waals surface area (Å²) in [6, 6.07) is -0.0772. The average molecular weight is 241 g/mol. The molecule has 98 valence electrons. The van der Waals surface area contributed by atoms with Gasteiger partial charge in [0.05, 0.1) is 6.10 Å². The van der Waals surface area contributed by atoms with E-state index in [1.165, 1.54) is 6.42 Å². The number of methoxy groups -OCH3 is 1. The molecule has 0 aromatic carbocycles. The molecule has 1 aliphatic carbocycles. The number of piperidine rings is 1. The van der Waals surface area contributed by atoms with Crippen molar-refractivity contribution in [2.75, 3.05) is 13.7 Å². The van der Waals surface area contributed by atoms with Crippen LogP contribution in [0.3, 0.4) is 0 Å². The Morgan fingerprint density at radius 2 is 1.94 bits per heavy atom. The second kappa shape index (κ2) is 6.36. The zero-order chi connectivity index (χ0) is 12.1. The molecular weight excluding hydrogens is 218 g/mol. The lowest BCUT2D eigenvalue weighted by Gasteiger charge is -2.30. The molecule has 0 aromatic rings. The van der Waals surface area contributed by atoms with Crippen molar-refractivity contribution in [1.82, 2.24) is 5.32 Å². The normalized spacial score (nSPS) is 34.3. The summed E-state index contributed by atoms with van der Waals surface area (Å²) in [5.74, 6) is -0.0635. The van der Waals surface area contributed by atoms with Gasteiger partial charge in [0.15, 0.2) is 0 Å². The summed E-state index contributed by atoms with van der Waals surface area (Å²) < 4.78 is 10.9. The molecule has 3 atom stereocenters. The van der Waals surface area contributed by atoms with Crippen molar-refractivity contribution >= 4 is 5.97 Å². The zero-order valence-electron chi connectivity index (χ0n) is 10.6. The van der Waals surface area contributed by atoms with Crippen LogP contribution in [-0.4, -0.2) is 37.9 Å². The number of rotatable bonds is 3. The van der Waals surface area contributed by atoms with Gasteiger partial charge in [-0.1, -0.05) is 6.42 Å². The van der Waals surface area contributed by atoms with Gasteiger partial charge in [-0.15, -0.1) is 0 Å². The SMILES string of the molecule is COC1CCCC(OC(=O)[C@@H]2CCCCN2)C1. The first-order valence-corrected chi connectivity index (χ1v) is 6.76. The minimum absolute atomic E-state index is 0.0601. The van der Waals surface area contributed by atoms with E-state index in [0.717, 1.165) is 45.1 Å². The molecule has 0 radical (unpaired) electrons. The molecule has 2 fully saturated rings. The molecular formula is C13H23NO3. The topological polar surface area (TPSA) is 47.6 Å². The van der Waals surface area contributed by atoms with Gasteiger partial charge < -0.3 is 14.8 Å². The predicted molar refractivity (Wildman–Crippen MR) is 64.8 cm³/mol. The van der Waals surface area contributed by atoms with Gasteiger partial charge >= 0.3 is 5.97 Å². The van der Waals surface area contributed by atoms with Crippen molar-refractivity contribution in [3.63, 3.8) is 0 Å². The minimum atomic E-state index is -0.0772. The Morgan fingerprint density at radius 1 is 1.12 bits per heavy atom. The number of hydrogen-bond donors (Lipinski definition) is 1. The van der Waals surface area contributed by atoms with Crippen molar-refractivity contribution in [3.8, 4) is 0 Å². The van der Waals surface area contributed by atoms with Crippen LogP contribution < -0.4 is 5.32 Å². The molecule has 1 N–H and O–H groups in total. The maximum atomic E-state index is 11.9. The molecule has 1 saturated carbocycles. The highest BCUT2D eigenvalue weighted by Gasteiger charge is 2.28. The Balaban J connectivity index is 1.77. The molecule has 0 spiro atoms. The zero-order valence-corrected chi connectivity index (χ0v) is 10.6. The summed E-state index contributed by atoms with van der Waals surface area (Å²) in [5.41, 5.74) is 0. The van der Waals surface area contributed by atoms with Crippen LogP contribution in [0.4, 0.5) is 0 Å². The van der Waals surface area contributed by atoms with Crippen molar-refractivity contribution in [2.45, 2.75) is 63.2 Å². The van der Waals surface area contributed by atoms with Crippen LogP contribution in [-0.2, 0) is 14.3 Å². The van der Waals surface area contributed by atoms with Crippen LogP contribution >= 0.6 is 0 Å². The Labute approximate surface area is 103 Å². The minimum Gasteiger partial charge on any atom is -0.461 e. The molecule has 0 amide bonds. The van der Waals surface area contributed by atoms with Crippen LogP contribution in [0.25, 0.3) is 0 Å². The molecule has 2 aliphatic rings. The molecule has 2 rings (SSSR count). The maximum absolute atomic E-state index is 11.9. The molecule has 17 heavy (non-hydrogen) atoms. The first-order valence-electron chi connectivity index (χ1n) is 6.76. The van der Waals surface area contributed by atoms with Crippen LogP contribution in [0.15, 0.2) is 0 Å². The molecule has 4 heteroatoms. The summed E-state index contributed by atoms with van der Waals surface area (Å²) in [6.45, 7) is 0.936. The number of carbonyl (C=O) groups excluding carboxylic acids is 1. The summed E-state index contributed by atoms with van der Waals surface area (Å²) in [7, 11) is 1.73. The summed E-state index contributed by atoms with van der Waals surface area (Å²) in [6.07, 6.45) is 7.55. The maximum Gasteiger partial charge on any atom is 0.323 e. The van der Waals surface area contributed by atoms with E-state index >= 15 is 0 Å². The van der Waals surface area contributed by atoms with Gasteiger partial charge in [-0.2, -0.15) is 0 Å². The molecule has 1 saturated heterocycles. The van der Waals surface area contributed by atoms with E-state index < -0.39 is 0 Å². The lowest BCUT2D eigenvalue weighted by atomic mass is 9.94. The van der Waals surface area contributed by atoms with E-state index in [0.29, 0.717) is 0 Å². The summed E-state index contributed by atoms with van der Waals surface area (Å²) >= 11 is 0. The third-order valence-corrected chi connectivity index (χ3v) is 3.79. The smallest absolute Gasteiger partial charge is 0.323 e. The van der Waals surface area contributed by atoms with Crippen LogP contribution in [0, 0.1) is 0 Å². The standard InChI is InChI=1S/C13H23NO3/c1-16-10-5-4-6-11(9-10)17-13(15)12-7-2-3-8-14-12/h10-12,14H,2-9H2,1H3/t10?,11?,12-/m0/s1. The first kappa shape index (κ1) is 12.8. The van der Waals surface area contributed by atoms with Gasteiger partial charge in [-0.25, -0.2) is 0 Å². The molecule has 2 unspecified atom stereocenters. The summed E-state index contributed by atoms with van der Waals surface area (Å²) in [4.78, 5) is 11.9. The average Bonchev–Trinajstić information content (AvgIpc) is 2.40. The van der Waals surface area contributed by atoms with E-state index in [2.05, 4.69) is 5.32 Å².